The van der Waals surface area contributed by atoms with E-state index in [4.69, 9.17) is 13.5 Å². The molecule has 0 N–H and O–H groups in total. The molecular weight excluding hydrogens is 841 g/mol. The van der Waals surface area contributed by atoms with Crippen LogP contribution in [0.15, 0.2) is 150 Å². The van der Waals surface area contributed by atoms with E-state index in [1.54, 1.807) is 18.2 Å². The van der Waals surface area contributed by atoms with Gasteiger partial charge in [-0.25, -0.2) is 0 Å². The van der Waals surface area contributed by atoms with Gasteiger partial charge in [0.25, 0.3) is 0 Å². The molecule has 0 unspecified atom stereocenters. The molecule has 0 bridgehead atoms. The summed E-state index contributed by atoms with van der Waals surface area (Å²) in [5.74, 6) is 0.790. The molecule has 4 heterocycles. The number of hydrogen-bond acceptors (Lipinski definition) is 4. The van der Waals surface area contributed by atoms with Crippen molar-refractivity contribution in [1.29, 1.82) is 0 Å². The van der Waals surface area contributed by atoms with Gasteiger partial charge < -0.3 is 14.0 Å². The molecule has 10 aromatic rings. The Hall–Kier alpha value is -5.94. The second kappa shape index (κ2) is 14.1. The van der Waals surface area contributed by atoms with Gasteiger partial charge in [0.1, 0.15) is 5.58 Å². The summed E-state index contributed by atoms with van der Waals surface area (Å²) in [5, 5.41) is 6.82. The third-order valence-corrected chi connectivity index (χ3v) is 9.66. The zero-order chi connectivity index (χ0) is 38.6. The fourth-order valence-electron chi connectivity index (χ4n) is 7.13. The van der Waals surface area contributed by atoms with Gasteiger partial charge in [-0.05, 0) is 51.8 Å². The van der Waals surface area contributed by atoms with Crippen molar-refractivity contribution >= 4 is 54.5 Å². The van der Waals surface area contributed by atoms with Gasteiger partial charge in [0.05, 0.1) is 28.6 Å². The molecule has 1 radical (unpaired) electrons. The largest absolute Gasteiger partial charge is 0.500 e. The molecule has 0 spiro atoms. The number of benzene rings is 6. The molecule has 6 heteroatoms. The zero-order valence-corrected chi connectivity index (χ0v) is 32.3. The topological polar surface area (TPSA) is 56.7 Å². The van der Waals surface area contributed by atoms with Crippen LogP contribution >= 0.6 is 0 Å². The number of nitrogens with zero attached hydrogens (tertiary/aromatic N) is 4. The molecule has 0 saturated carbocycles. The summed E-state index contributed by atoms with van der Waals surface area (Å²) in [5.41, 5.74) is 8.33. The zero-order valence-electron chi connectivity index (χ0n) is 32.9. The number of pyridine rings is 2. The van der Waals surface area contributed by atoms with Crippen molar-refractivity contribution in [2.24, 2.45) is 0 Å². The SMILES string of the molecule is CC(C)(C)c1cncc2nc(-c3[c-]ccc4c3oc3c4ccc4ccc5ccccc5c43)n(-c3ccccc3)c12.[2H]C([2H])([2H])c1ccc(-c2[c-]cccc2)nc1.[Ir]. The maximum atomic E-state index is 7.23. The van der Waals surface area contributed by atoms with Crippen molar-refractivity contribution in [2.75, 3.05) is 0 Å². The second-order valence-corrected chi connectivity index (χ2v) is 14.1. The van der Waals surface area contributed by atoms with Crippen LogP contribution in [-0.2, 0) is 25.5 Å². The number of aryl methyl sites for hydroxylation is 1. The van der Waals surface area contributed by atoms with Crippen molar-refractivity contribution in [3.63, 3.8) is 0 Å². The van der Waals surface area contributed by atoms with Crippen LogP contribution in [0.25, 0.3) is 82.8 Å². The van der Waals surface area contributed by atoms with Crippen LogP contribution in [0.2, 0.25) is 0 Å². The Labute approximate surface area is 331 Å². The van der Waals surface area contributed by atoms with E-state index in [-0.39, 0.29) is 31.1 Å². The van der Waals surface area contributed by atoms with Crippen LogP contribution in [0.1, 0.15) is 36.0 Å². The van der Waals surface area contributed by atoms with Crippen LogP contribution < -0.4 is 0 Å². The van der Waals surface area contributed by atoms with E-state index >= 15 is 0 Å². The number of fused-ring (bicyclic) bond motifs is 8. The van der Waals surface area contributed by atoms with Gasteiger partial charge in [-0.1, -0.05) is 111 Å². The molecule has 0 aliphatic rings. The first-order valence-corrected chi connectivity index (χ1v) is 17.6. The van der Waals surface area contributed by atoms with Crippen molar-refractivity contribution in [2.45, 2.75) is 33.0 Å². The third-order valence-electron chi connectivity index (χ3n) is 9.66. The Balaban J connectivity index is 0.000000226. The summed E-state index contributed by atoms with van der Waals surface area (Å²) >= 11 is 0. The van der Waals surface area contributed by atoms with Crippen molar-refractivity contribution in [3.8, 4) is 28.3 Å². The van der Waals surface area contributed by atoms with E-state index in [1.807, 2.05) is 42.7 Å². The molecular formula is C48H36IrN4O-2. The minimum atomic E-state index is -2.09. The first-order valence-electron chi connectivity index (χ1n) is 19.1. The second-order valence-electron chi connectivity index (χ2n) is 14.1. The molecule has 0 saturated heterocycles. The van der Waals surface area contributed by atoms with Crippen LogP contribution in [0.3, 0.4) is 0 Å². The number of imidazole rings is 1. The van der Waals surface area contributed by atoms with Crippen LogP contribution in [0.4, 0.5) is 0 Å². The Morgan fingerprint density at radius 2 is 1.46 bits per heavy atom. The quantitative estimate of drug-likeness (QED) is 0.131. The molecule has 5 nitrogen and oxygen atoms in total. The standard InChI is InChI=1S/C36H26N3O.C12H10N.Ir/c1-36(2,3)29-20-37-21-30-32(29)39(24-11-5-4-6-12-24)35(38-30)28-15-9-14-26-27-19-18-23-17-16-22-10-7-8-13-25(22)31(23)34(27)40-33(26)28;1-10-7-8-12(13-9-10)11-5-3-2-4-6-11;/h4-14,16-21H,1-3H3;2-5,7-9H,1H3;/q2*-1;/i;1D3;. The Bertz CT molecular complexity index is 3040. The van der Waals surface area contributed by atoms with Crippen LogP contribution in [0.5, 0.6) is 0 Å². The monoisotopic (exact) mass is 880 g/mol. The van der Waals surface area contributed by atoms with Crippen LogP contribution in [-0.4, -0.2) is 19.5 Å². The Morgan fingerprint density at radius 3 is 2.24 bits per heavy atom. The van der Waals surface area contributed by atoms with Crippen molar-refractivity contribution in [3.05, 3.63) is 169 Å². The molecule has 0 aliphatic heterocycles. The van der Waals surface area contributed by atoms with E-state index in [9.17, 15) is 0 Å². The summed E-state index contributed by atoms with van der Waals surface area (Å²) in [6.45, 7) is 4.55. The van der Waals surface area contributed by atoms with E-state index < -0.39 is 6.85 Å². The van der Waals surface area contributed by atoms with Gasteiger partial charge in [0.15, 0.2) is 0 Å². The Morgan fingerprint density at radius 1 is 0.685 bits per heavy atom. The maximum absolute atomic E-state index is 7.23. The first kappa shape index (κ1) is 31.6. The van der Waals surface area contributed by atoms with Gasteiger partial charge in [-0.2, -0.15) is 0 Å². The average molecular weight is 880 g/mol. The molecule has 54 heavy (non-hydrogen) atoms. The number of rotatable bonds is 3. The number of furan rings is 1. The summed E-state index contributed by atoms with van der Waals surface area (Å²) in [7, 11) is 0. The number of hydrogen-bond donors (Lipinski definition) is 0. The molecule has 0 aliphatic carbocycles. The van der Waals surface area contributed by atoms with E-state index in [1.165, 1.54) is 17.0 Å². The summed E-state index contributed by atoms with van der Waals surface area (Å²) in [6.07, 6.45) is 5.21. The average Bonchev–Trinajstić information content (AvgIpc) is 3.80. The maximum Gasteiger partial charge on any atom is 0.129 e. The molecule has 6 aromatic carbocycles. The summed E-state index contributed by atoms with van der Waals surface area (Å²) in [6, 6.07) is 49.0. The van der Waals surface area contributed by atoms with Crippen molar-refractivity contribution in [1.82, 2.24) is 19.5 Å². The minimum Gasteiger partial charge on any atom is -0.500 e. The van der Waals surface area contributed by atoms with Gasteiger partial charge in [-0.3, -0.25) is 9.97 Å². The molecule has 265 valence electrons. The van der Waals surface area contributed by atoms with Gasteiger partial charge >= 0.3 is 0 Å². The van der Waals surface area contributed by atoms with Crippen LogP contribution in [0, 0.1) is 19.0 Å². The van der Waals surface area contributed by atoms with Gasteiger partial charge in [0.2, 0.25) is 0 Å². The molecule has 10 rings (SSSR count). The molecule has 4 aromatic heterocycles. The van der Waals surface area contributed by atoms with Gasteiger partial charge in [0, 0.05) is 58.6 Å². The number of para-hydroxylation sites is 1. The fourth-order valence-corrected chi connectivity index (χ4v) is 7.13. The molecule has 0 fully saturated rings. The van der Waals surface area contributed by atoms with E-state index in [2.05, 4.69) is 126 Å². The molecule has 0 atom stereocenters. The Kier molecular flexibility index (Phi) is 8.26. The minimum absolute atomic E-state index is 0. The normalized spacial score (nSPS) is 12.6. The summed E-state index contributed by atoms with van der Waals surface area (Å²) < 4.78 is 30.8. The first-order chi connectivity index (χ1) is 27.1. The predicted octanol–water partition coefficient (Wildman–Crippen LogP) is 12.2. The third kappa shape index (κ3) is 6.18. The van der Waals surface area contributed by atoms with E-state index in [0.717, 1.165) is 77.6 Å². The summed E-state index contributed by atoms with van der Waals surface area (Å²) in [4.78, 5) is 13.9. The fraction of sp³-hybridized carbons (Fsp3) is 0.104. The molecule has 0 amide bonds. The van der Waals surface area contributed by atoms with Gasteiger partial charge in [-0.15, -0.1) is 54.1 Å². The predicted molar refractivity (Wildman–Crippen MR) is 217 cm³/mol. The van der Waals surface area contributed by atoms with E-state index in [0.29, 0.717) is 0 Å². The number of aromatic nitrogens is 4. The van der Waals surface area contributed by atoms with Crippen molar-refractivity contribution < 1.29 is 28.6 Å². The smallest absolute Gasteiger partial charge is 0.129 e.